The lowest BCUT2D eigenvalue weighted by Crippen LogP contribution is -2.25. The average Bonchev–Trinajstić information content (AvgIpc) is 2.32. The lowest BCUT2D eigenvalue weighted by atomic mass is 10.2. The van der Waals surface area contributed by atoms with Crippen LogP contribution >= 0.6 is 11.6 Å². The first-order valence-corrected chi connectivity index (χ1v) is 5.94. The summed E-state index contributed by atoms with van der Waals surface area (Å²) < 4.78 is 5.17. The van der Waals surface area contributed by atoms with Gasteiger partial charge in [-0.25, -0.2) is 0 Å². The molecule has 0 aliphatic carbocycles. The van der Waals surface area contributed by atoms with Gasteiger partial charge in [0.05, 0.1) is 10.7 Å². The lowest BCUT2D eigenvalue weighted by molar-refractivity contribution is 0.0944. The number of carbonyl (C=O) groups excluding carboxylic acids is 1. The Kier molecular flexibility index (Phi) is 5.80. The predicted molar refractivity (Wildman–Crippen MR) is 69.3 cm³/mol. The molecule has 3 N–H and O–H groups in total. The molecular weight excluding hydrogens is 240 g/mol. The summed E-state index contributed by atoms with van der Waals surface area (Å²) in [6, 6.07) is 4.84. The Balaban J connectivity index is 2.39. The van der Waals surface area contributed by atoms with Crippen LogP contribution in [0.4, 0.5) is 5.69 Å². The monoisotopic (exact) mass is 256 g/mol. The van der Waals surface area contributed by atoms with Crippen LogP contribution in [0.2, 0.25) is 5.02 Å². The predicted octanol–water partition coefficient (Wildman–Crippen LogP) is 2.08. The van der Waals surface area contributed by atoms with Gasteiger partial charge in [0, 0.05) is 25.3 Å². The number of nitrogens with one attached hydrogen (secondary N) is 1. The topological polar surface area (TPSA) is 64.3 Å². The maximum atomic E-state index is 11.7. The fourth-order valence-corrected chi connectivity index (χ4v) is 1.47. The molecule has 0 aliphatic rings. The number of nitrogen functional groups attached to an aromatic ring is 1. The first-order valence-electron chi connectivity index (χ1n) is 5.56. The number of rotatable bonds is 6. The Labute approximate surface area is 106 Å². The molecule has 0 spiro atoms. The second-order valence-electron chi connectivity index (χ2n) is 3.54. The van der Waals surface area contributed by atoms with E-state index in [0.717, 1.165) is 6.42 Å². The van der Waals surface area contributed by atoms with Crippen molar-refractivity contribution >= 4 is 23.2 Å². The quantitative estimate of drug-likeness (QED) is 0.605. The Hall–Kier alpha value is -1.26. The number of carbonyl (C=O) groups is 1. The second kappa shape index (κ2) is 7.14. The maximum absolute atomic E-state index is 11.7. The van der Waals surface area contributed by atoms with E-state index in [1.165, 1.54) is 0 Å². The minimum Gasteiger partial charge on any atom is -0.398 e. The van der Waals surface area contributed by atoms with Crippen molar-refractivity contribution in [3.8, 4) is 0 Å². The molecule has 0 heterocycles. The second-order valence-corrected chi connectivity index (χ2v) is 3.95. The van der Waals surface area contributed by atoms with Crippen molar-refractivity contribution in [1.82, 2.24) is 5.32 Å². The van der Waals surface area contributed by atoms with Gasteiger partial charge in [0.25, 0.3) is 5.91 Å². The number of amides is 1. The first kappa shape index (κ1) is 13.8. The van der Waals surface area contributed by atoms with E-state index in [0.29, 0.717) is 36.0 Å². The van der Waals surface area contributed by atoms with Gasteiger partial charge < -0.3 is 15.8 Å². The zero-order chi connectivity index (χ0) is 12.7. The Bertz CT molecular complexity index is 383. The van der Waals surface area contributed by atoms with Crippen LogP contribution in [0.1, 0.15) is 23.7 Å². The molecule has 0 aliphatic heterocycles. The number of anilines is 1. The van der Waals surface area contributed by atoms with Crippen LogP contribution in [0.5, 0.6) is 0 Å². The Morgan fingerprint density at radius 3 is 2.94 bits per heavy atom. The van der Waals surface area contributed by atoms with Crippen LogP contribution in [-0.2, 0) is 4.74 Å². The molecule has 0 aromatic heterocycles. The minimum absolute atomic E-state index is 0.150. The summed E-state index contributed by atoms with van der Waals surface area (Å²) >= 11 is 5.84. The third kappa shape index (κ3) is 4.63. The van der Waals surface area contributed by atoms with Gasteiger partial charge in [-0.1, -0.05) is 11.6 Å². The fourth-order valence-electron chi connectivity index (χ4n) is 1.29. The molecule has 0 atom stereocenters. The van der Waals surface area contributed by atoms with Crippen molar-refractivity contribution in [1.29, 1.82) is 0 Å². The standard InChI is InChI=1S/C12H17ClN2O2/c1-2-17-7-3-6-15-12(16)9-4-5-11(14)10(13)8-9/h4-5,8H,2-3,6-7,14H2,1H3,(H,15,16). The number of hydrogen-bond donors (Lipinski definition) is 2. The first-order chi connectivity index (χ1) is 8.15. The summed E-state index contributed by atoms with van der Waals surface area (Å²) in [4.78, 5) is 11.7. The molecule has 0 bridgehead atoms. The average molecular weight is 257 g/mol. The van der Waals surface area contributed by atoms with E-state index in [-0.39, 0.29) is 5.91 Å². The summed E-state index contributed by atoms with van der Waals surface area (Å²) in [6.45, 7) is 3.87. The number of hydrogen-bond acceptors (Lipinski definition) is 3. The normalized spacial score (nSPS) is 10.2. The summed E-state index contributed by atoms with van der Waals surface area (Å²) in [6.07, 6.45) is 0.794. The molecule has 1 aromatic carbocycles. The van der Waals surface area contributed by atoms with Crippen molar-refractivity contribution in [3.63, 3.8) is 0 Å². The molecule has 0 unspecified atom stereocenters. The number of nitrogens with two attached hydrogens (primary N) is 1. The molecule has 17 heavy (non-hydrogen) atoms. The van der Waals surface area contributed by atoms with Crippen molar-refractivity contribution in [2.24, 2.45) is 0 Å². The molecule has 5 heteroatoms. The van der Waals surface area contributed by atoms with Crippen LogP contribution in [0.3, 0.4) is 0 Å². The molecule has 0 radical (unpaired) electrons. The maximum Gasteiger partial charge on any atom is 0.251 e. The Morgan fingerprint density at radius 1 is 1.53 bits per heavy atom. The van der Waals surface area contributed by atoms with Gasteiger partial charge in [-0.3, -0.25) is 4.79 Å². The van der Waals surface area contributed by atoms with Gasteiger partial charge in [-0.05, 0) is 31.5 Å². The summed E-state index contributed by atoms with van der Waals surface area (Å²) in [7, 11) is 0. The third-order valence-electron chi connectivity index (χ3n) is 2.22. The van der Waals surface area contributed by atoms with Crippen LogP contribution in [0, 0.1) is 0 Å². The van der Waals surface area contributed by atoms with Gasteiger partial charge in [-0.2, -0.15) is 0 Å². The number of halogens is 1. The number of benzene rings is 1. The SMILES string of the molecule is CCOCCCNC(=O)c1ccc(N)c(Cl)c1. The molecule has 0 saturated heterocycles. The highest BCUT2D eigenvalue weighted by molar-refractivity contribution is 6.33. The lowest BCUT2D eigenvalue weighted by Gasteiger charge is -2.06. The summed E-state index contributed by atoms with van der Waals surface area (Å²) in [5.74, 6) is -0.150. The van der Waals surface area contributed by atoms with Crippen molar-refractivity contribution < 1.29 is 9.53 Å². The zero-order valence-electron chi connectivity index (χ0n) is 9.83. The van der Waals surface area contributed by atoms with Gasteiger partial charge in [0.15, 0.2) is 0 Å². The van der Waals surface area contributed by atoms with Gasteiger partial charge >= 0.3 is 0 Å². The fraction of sp³-hybridized carbons (Fsp3) is 0.417. The van der Waals surface area contributed by atoms with Gasteiger partial charge in [0.1, 0.15) is 0 Å². The molecule has 1 rings (SSSR count). The molecule has 1 aromatic rings. The smallest absolute Gasteiger partial charge is 0.251 e. The summed E-state index contributed by atoms with van der Waals surface area (Å²) in [5, 5.41) is 3.18. The highest BCUT2D eigenvalue weighted by Gasteiger charge is 2.06. The van der Waals surface area contributed by atoms with E-state index in [4.69, 9.17) is 22.1 Å². The van der Waals surface area contributed by atoms with Crippen LogP contribution in [-0.4, -0.2) is 25.7 Å². The summed E-state index contributed by atoms with van der Waals surface area (Å²) in [5.41, 5.74) is 6.55. The highest BCUT2D eigenvalue weighted by Crippen LogP contribution is 2.19. The highest BCUT2D eigenvalue weighted by atomic mass is 35.5. The molecule has 4 nitrogen and oxygen atoms in total. The van der Waals surface area contributed by atoms with E-state index < -0.39 is 0 Å². The van der Waals surface area contributed by atoms with E-state index >= 15 is 0 Å². The van der Waals surface area contributed by atoms with Crippen molar-refractivity contribution in [2.45, 2.75) is 13.3 Å². The molecule has 94 valence electrons. The van der Waals surface area contributed by atoms with Crippen LogP contribution < -0.4 is 11.1 Å². The van der Waals surface area contributed by atoms with Crippen molar-refractivity contribution in [2.75, 3.05) is 25.5 Å². The van der Waals surface area contributed by atoms with Crippen LogP contribution in [0.25, 0.3) is 0 Å². The van der Waals surface area contributed by atoms with Gasteiger partial charge in [0.2, 0.25) is 0 Å². The zero-order valence-corrected chi connectivity index (χ0v) is 10.6. The molecule has 0 fully saturated rings. The van der Waals surface area contributed by atoms with E-state index in [2.05, 4.69) is 5.32 Å². The largest absolute Gasteiger partial charge is 0.398 e. The van der Waals surface area contributed by atoms with Crippen LogP contribution in [0.15, 0.2) is 18.2 Å². The Morgan fingerprint density at radius 2 is 2.29 bits per heavy atom. The van der Waals surface area contributed by atoms with E-state index in [1.54, 1.807) is 18.2 Å². The van der Waals surface area contributed by atoms with E-state index in [1.807, 2.05) is 6.92 Å². The van der Waals surface area contributed by atoms with E-state index in [9.17, 15) is 4.79 Å². The number of ether oxygens (including phenoxy) is 1. The molecule has 0 saturated carbocycles. The third-order valence-corrected chi connectivity index (χ3v) is 2.55. The minimum atomic E-state index is -0.150. The molecular formula is C12H17ClN2O2. The molecule has 1 amide bonds. The van der Waals surface area contributed by atoms with Crippen molar-refractivity contribution in [3.05, 3.63) is 28.8 Å². The van der Waals surface area contributed by atoms with Gasteiger partial charge in [-0.15, -0.1) is 0 Å².